The molecule has 20 atom stereocenters. The molecule has 7 rings (SSSR count). The summed E-state index contributed by atoms with van der Waals surface area (Å²) in [6, 6.07) is 0. The van der Waals surface area contributed by atoms with Crippen molar-refractivity contribution in [3.63, 3.8) is 0 Å². The number of hydrogen-bond donors (Lipinski definition) is 10. The molecule has 0 aromatic carbocycles. The summed E-state index contributed by atoms with van der Waals surface area (Å²) in [5.74, 6) is -1.33. The Morgan fingerprint density at radius 2 is 1.40 bits per heavy atom. The van der Waals surface area contributed by atoms with E-state index >= 15 is 0 Å². The van der Waals surface area contributed by atoms with Crippen molar-refractivity contribution in [1.29, 1.82) is 0 Å². The van der Waals surface area contributed by atoms with Crippen LogP contribution in [0.25, 0.3) is 0 Å². The fraction of sp³-hybridized carbons (Fsp3) is 0.929. The molecule has 10 N–H and O–H groups in total. The van der Waals surface area contributed by atoms with Crippen molar-refractivity contribution < 1.29 is 74.8 Å². The van der Waals surface area contributed by atoms with Gasteiger partial charge < -0.3 is 70.0 Å². The molecule has 2 heterocycles. The number of ether oxygens (including phenoxy) is 4. The number of allylic oxidation sites excluding steroid dienone is 2. The summed E-state index contributed by atoms with van der Waals surface area (Å²) in [6.45, 7) is 14.6. The normalized spacial score (nSPS) is 54.4. The topological polar surface area (TPSA) is 256 Å². The number of fused-ring (bicyclic) bond motifs is 7. The molecule has 0 spiro atoms. The SMILES string of the molecule is CC1(C)C[C@H](O)[C@]2(CO)[C@@H](O)C[C@]3(C)C(=CC[C@@H]4[C@@]5(C)CC[C@H](O[C@@H]6O[C@H](C(=O)O)[C@@H](O)[C@H](O[C@@H]7O[C@H](CO)[C@@H](O)[C@H](O)[C@H]7O)[C@H]6O)C(C)(C)[C@@H]5CC[C@]43C)[C@@H]2C1. The number of hydrogen-bond acceptors (Lipinski definition) is 14. The molecule has 15 heteroatoms. The number of rotatable bonds is 7. The van der Waals surface area contributed by atoms with Gasteiger partial charge in [-0.05, 0) is 96.2 Å². The van der Waals surface area contributed by atoms with Crippen molar-refractivity contribution in [2.75, 3.05) is 13.2 Å². The van der Waals surface area contributed by atoms with Gasteiger partial charge in [0.2, 0.25) is 0 Å². The van der Waals surface area contributed by atoms with Gasteiger partial charge >= 0.3 is 5.97 Å². The lowest BCUT2D eigenvalue weighted by atomic mass is 9.33. The van der Waals surface area contributed by atoms with E-state index in [1.165, 1.54) is 5.57 Å². The first-order valence-corrected chi connectivity index (χ1v) is 21.0. The van der Waals surface area contributed by atoms with Crippen molar-refractivity contribution in [2.45, 2.75) is 180 Å². The van der Waals surface area contributed by atoms with Crippen LogP contribution >= 0.6 is 0 Å². The zero-order valence-electron chi connectivity index (χ0n) is 34.4. The number of carboxylic acid groups (broad SMARTS) is 1. The first-order chi connectivity index (χ1) is 26.4. The second-order valence-electron chi connectivity index (χ2n) is 21.0. The van der Waals surface area contributed by atoms with Crippen LogP contribution in [0.15, 0.2) is 11.6 Å². The van der Waals surface area contributed by atoms with Crippen LogP contribution in [0, 0.1) is 50.2 Å². The highest BCUT2D eigenvalue weighted by molar-refractivity contribution is 5.73. The lowest BCUT2D eigenvalue weighted by molar-refractivity contribution is -0.365. The van der Waals surface area contributed by atoms with Crippen LogP contribution in [-0.4, -0.2) is 150 Å². The average molecular weight is 813 g/mol. The van der Waals surface area contributed by atoms with Gasteiger partial charge in [0.05, 0.1) is 36.9 Å². The molecule has 0 unspecified atom stereocenters. The van der Waals surface area contributed by atoms with Crippen LogP contribution in [0.1, 0.15) is 99.8 Å². The van der Waals surface area contributed by atoms with E-state index in [9.17, 15) is 55.9 Å². The molecular weight excluding hydrogens is 744 g/mol. The summed E-state index contributed by atoms with van der Waals surface area (Å²) in [6.07, 6.45) is -11.6. The number of aliphatic hydroxyl groups excluding tert-OH is 9. The standard InChI is InChI=1S/C42H68O15/c1-37(2)14-20-19-8-9-23-39(5)12-11-26(38(3,4)22(39)10-13-40(23,6)41(19,7)16-25(46)42(20,18-44)24(45)15-37)55-36-31(51)32(30(50)33(57-36)34(52)53)56-35-29(49)28(48)27(47)21(17-43)54-35/h8,20-33,35-36,43-51H,9-18H2,1-7H3,(H,52,53)/t20-,21+,22-,23+,24-,25-,26-,27+,28-,29+,30-,31+,32-,33-,35-,36+,39-,40+,41+,42+/m0/s1. The van der Waals surface area contributed by atoms with Crippen LogP contribution in [0.4, 0.5) is 0 Å². The molecule has 6 fully saturated rings. The third kappa shape index (κ3) is 6.35. The number of aliphatic carboxylic acids is 1. The molecule has 57 heavy (non-hydrogen) atoms. The van der Waals surface area contributed by atoms with E-state index in [0.717, 1.165) is 32.1 Å². The molecule has 7 aliphatic rings. The van der Waals surface area contributed by atoms with E-state index in [1.807, 2.05) is 0 Å². The molecule has 4 saturated carbocycles. The van der Waals surface area contributed by atoms with Gasteiger partial charge in [-0.25, -0.2) is 4.79 Å². The third-order valence-corrected chi connectivity index (χ3v) is 17.3. The third-order valence-electron chi connectivity index (χ3n) is 17.3. The fourth-order valence-corrected chi connectivity index (χ4v) is 14.0. The van der Waals surface area contributed by atoms with Gasteiger partial charge in [-0.2, -0.15) is 0 Å². The van der Waals surface area contributed by atoms with Gasteiger partial charge in [0, 0.05) is 0 Å². The molecule has 0 aromatic heterocycles. The molecule has 2 saturated heterocycles. The minimum Gasteiger partial charge on any atom is -0.479 e. The highest BCUT2D eigenvalue weighted by Crippen LogP contribution is 2.76. The van der Waals surface area contributed by atoms with Crippen molar-refractivity contribution in [3.8, 4) is 0 Å². The Bertz CT molecular complexity index is 1550. The Kier molecular flexibility index (Phi) is 11.3. The van der Waals surface area contributed by atoms with Crippen LogP contribution in [-0.2, 0) is 23.7 Å². The molecule has 0 amide bonds. The second-order valence-corrected chi connectivity index (χ2v) is 21.0. The predicted octanol–water partition coefficient (Wildman–Crippen LogP) is 0.824. The van der Waals surface area contributed by atoms with Gasteiger partial charge in [0.25, 0.3) is 0 Å². The molecule has 326 valence electrons. The van der Waals surface area contributed by atoms with Gasteiger partial charge in [-0.15, -0.1) is 0 Å². The first-order valence-electron chi connectivity index (χ1n) is 21.0. The van der Waals surface area contributed by atoms with Crippen LogP contribution in [0.2, 0.25) is 0 Å². The lowest BCUT2D eigenvalue weighted by Gasteiger charge is -2.72. The van der Waals surface area contributed by atoms with E-state index in [0.29, 0.717) is 19.3 Å². The number of carbonyl (C=O) groups is 1. The minimum absolute atomic E-state index is 0.128. The molecule has 0 aromatic rings. The minimum atomic E-state index is -1.95. The van der Waals surface area contributed by atoms with Crippen molar-refractivity contribution in [1.82, 2.24) is 0 Å². The summed E-state index contributed by atoms with van der Waals surface area (Å²) < 4.78 is 23.5. The van der Waals surface area contributed by atoms with Gasteiger partial charge in [-0.1, -0.05) is 60.1 Å². The smallest absolute Gasteiger partial charge is 0.335 e. The quantitative estimate of drug-likeness (QED) is 0.126. The van der Waals surface area contributed by atoms with Crippen LogP contribution < -0.4 is 0 Å². The highest BCUT2D eigenvalue weighted by atomic mass is 16.7. The van der Waals surface area contributed by atoms with E-state index in [-0.39, 0.29) is 46.0 Å². The Morgan fingerprint density at radius 3 is 2.04 bits per heavy atom. The summed E-state index contributed by atoms with van der Waals surface area (Å²) in [5, 5.41) is 108. The average Bonchev–Trinajstić information content (AvgIpc) is 3.11. The lowest BCUT2D eigenvalue weighted by Crippen LogP contribution is -2.69. The van der Waals surface area contributed by atoms with Gasteiger partial charge in [0.1, 0.15) is 42.7 Å². The van der Waals surface area contributed by atoms with Gasteiger partial charge in [-0.3, -0.25) is 0 Å². The maximum Gasteiger partial charge on any atom is 0.335 e. The zero-order chi connectivity index (χ0) is 42.0. The molecule has 5 aliphatic carbocycles. The van der Waals surface area contributed by atoms with Crippen LogP contribution in [0.3, 0.4) is 0 Å². The fourth-order valence-electron chi connectivity index (χ4n) is 14.0. The maximum atomic E-state index is 12.3. The van der Waals surface area contributed by atoms with Crippen molar-refractivity contribution in [2.24, 2.45) is 50.2 Å². The van der Waals surface area contributed by atoms with Crippen LogP contribution in [0.5, 0.6) is 0 Å². The van der Waals surface area contributed by atoms with E-state index in [4.69, 9.17) is 18.9 Å². The summed E-state index contributed by atoms with van der Waals surface area (Å²) in [7, 11) is 0. The van der Waals surface area contributed by atoms with E-state index in [2.05, 4.69) is 54.5 Å². The zero-order valence-corrected chi connectivity index (χ0v) is 34.4. The molecular formula is C42H68O15. The van der Waals surface area contributed by atoms with E-state index < -0.39 is 103 Å². The second kappa shape index (κ2) is 14.7. The van der Waals surface area contributed by atoms with E-state index in [1.54, 1.807) is 0 Å². The molecule has 15 nitrogen and oxygen atoms in total. The maximum absolute atomic E-state index is 12.3. The highest BCUT2D eigenvalue weighted by Gasteiger charge is 2.71. The van der Waals surface area contributed by atoms with Crippen molar-refractivity contribution in [3.05, 3.63) is 11.6 Å². The number of aliphatic hydroxyl groups is 9. The predicted molar refractivity (Wildman–Crippen MR) is 201 cm³/mol. The summed E-state index contributed by atoms with van der Waals surface area (Å²) in [4.78, 5) is 12.3. The summed E-state index contributed by atoms with van der Waals surface area (Å²) in [5.41, 5.74) is -1.16. The Morgan fingerprint density at radius 1 is 0.754 bits per heavy atom. The molecule has 0 radical (unpaired) electrons. The van der Waals surface area contributed by atoms with Crippen molar-refractivity contribution >= 4 is 5.97 Å². The molecule has 2 aliphatic heterocycles. The Balaban J connectivity index is 1.14. The van der Waals surface area contributed by atoms with Gasteiger partial charge in [0.15, 0.2) is 18.7 Å². The largest absolute Gasteiger partial charge is 0.479 e. The first kappa shape index (κ1) is 43.8. The number of carboxylic acids is 1. The summed E-state index contributed by atoms with van der Waals surface area (Å²) >= 11 is 0. The Labute approximate surface area is 335 Å². The monoisotopic (exact) mass is 812 g/mol. The molecule has 0 bridgehead atoms. The Hall–Kier alpha value is -1.31.